The van der Waals surface area contributed by atoms with Crippen LogP contribution in [0.2, 0.25) is 5.02 Å². The standard InChI is InChI=1S/C24H22ClN3O2S/c1-15-10-16(2)19-12-17(23(29)26-22(19)11-15)13-28(14-18-6-5-9-31-18)24(30)27-21-8-4-3-7-20(21)25/h3-12H,13-14H2,1-2H3,(H,26,29)(H,27,30). The van der Waals surface area contributed by atoms with E-state index in [4.69, 9.17) is 11.6 Å². The number of halogens is 1. The molecule has 31 heavy (non-hydrogen) atoms. The van der Waals surface area contributed by atoms with Crippen molar-refractivity contribution in [2.24, 2.45) is 0 Å². The summed E-state index contributed by atoms with van der Waals surface area (Å²) in [6.07, 6.45) is 0. The van der Waals surface area contributed by atoms with Crippen molar-refractivity contribution in [3.8, 4) is 0 Å². The molecule has 0 atom stereocenters. The second-order valence-corrected chi connectivity index (χ2v) is 8.95. The van der Waals surface area contributed by atoms with Crippen LogP contribution in [-0.4, -0.2) is 15.9 Å². The number of aromatic nitrogens is 1. The average molecular weight is 452 g/mol. The van der Waals surface area contributed by atoms with Crippen molar-refractivity contribution in [3.63, 3.8) is 0 Å². The number of amides is 2. The minimum atomic E-state index is -0.318. The van der Waals surface area contributed by atoms with Gasteiger partial charge in [-0.3, -0.25) is 4.79 Å². The summed E-state index contributed by atoms with van der Waals surface area (Å²) in [6, 6.07) is 16.6. The molecule has 0 radical (unpaired) electrons. The van der Waals surface area contributed by atoms with Crippen molar-refractivity contribution >= 4 is 45.6 Å². The Balaban J connectivity index is 1.67. The number of carbonyl (C=O) groups is 1. The molecule has 2 N–H and O–H groups in total. The largest absolute Gasteiger partial charge is 0.322 e. The lowest BCUT2D eigenvalue weighted by atomic mass is 10.0. The molecule has 2 heterocycles. The zero-order chi connectivity index (χ0) is 22.0. The number of benzene rings is 2. The molecule has 2 amide bonds. The van der Waals surface area contributed by atoms with E-state index in [2.05, 4.69) is 16.4 Å². The first kappa shape index (κ1) is 21.2. The van der Waals surface area contributed by atoms with Gasteiger partial charge in [-0.15, -0.1) is 11.3 Å². The number of thiophene rings is 1. The SMILES string of the molecule is Cc1cc(C)c2cc(CN(Cc3cccs3)C(=O)Nc3ccccc3Cl)c(=O)[nH]c2c1. The smallest absolute Gasteiger partial charge is 0.322 e. The van der Waals surface area contributed by atoms with Crippen LogP contribution < -0.4 is 10.9 Å². The van der Waals surface area contributed by atoms with Crippen molar-refractivity contribution in [3.05, 3.63) is 96.9 Å². The van der Waals surface area contributed by atoms with Crippen LogP contribution in [-0.2, 0) is 13.1 Å². The Morgan fingerprint density at radius 1 is 1.10 bits per heavy atom. The van der Waals surface area contributed by atoms with Crippen LogP contribution in [0.4, 0.5) is 10.5 Å². The number of nitrogens with one attached hydrogen (secondary N) is 2. The number of hydrogen-bond acceptors (Lipinski definition) is 3. The van der Waals surface area contributed by atoms with Crippen LogP contribution in [0.3, 0.4) is 0 Å². The van der Waals surface area contributed by atoms with E-state index in [0.29, 0.717) is 22.8 Å². The molecule has 0 spiro atoms. The Morgan fingerprint density at radius 2 is 1.90 bits per heavy atom. The summed E-state index contributed by atoms with van der Waals surface area (Å²) in [6.45, 7) is 4.58. The molecule has 0 aliphatic carbocycles. The van der Waals surface area contributed by atoms with E-state index in [-0.39, 0.29) is 18.1 Å². The van der Waals surface area contributed by atoms with E-state index < -0.39 is 0 Å². The maximum atomic E-state index is 13.1. The zero-order valence-electron chi connectivity index (χ0n) is 17.2. The molecule has 7 heteroatoms. The molecule has 158 valence electrons. The number of anilines is 1. The summed E-state index contributed by atoms with van der Waals surface area (Å²) < 4.78 is 0. The molecule has 0 bridgehead atoms. The molecule has 5 nitrogen and oxygen atoms in total. The normalized spacial score (nSPS) is 10.9. The van der Waals surface area contributed by atoms with Crippen molar-refractivity contribution < 1.29 is 4.79 Å². The van der Waals surface area contributed by atoms with Crippen molar-refractivity contribution in [2.75, 3.05) is 5.32 Å². The number of aromatic amines is 1. The third-order valence-corrected chi connectivity index (χ3v) is 6.27. The first-order chi connectivity index (χ1) is 14.9. The van der Waals surface area contributed by atoms with Gasteiger partial charge in [0, 0.05) is 21.3 Å². The van der Waals surface area contributed by atoms with Crippen molar-refractivity contribution in [1.82, 2.24) is 9.88 Å². The van der Waals surface area contributed by atoms with Gasteiger partial charge in [0.2, 0.25) is 0 Å². The van der Waals surface area contributed by atoms with Gasteiger partial charge in [0.1, 0.15) is 0 Å². The van der Waals surface area contributed by atoms with Gasteiger partial charge in [0.25, 0.3) is 5.56 Å². The number of urea groups is 1. The minimum absolute atomic E-state index is 0.173. The Bertz CT molecular complexity index is 1300. The monoisotopic (exact) mass is 451 g/mol. The second-order valence-electron chi connectivity index (χ2n) is 7.51. The molecule has 4 aromatic rings. The first-order valence-electron chi connectivity index (χ1n) is 9.86. The van der Waals surface area contributed by atoms with Crippen LogP contribution in [0.5, 0.6) is 0 Å². The molecular formula is C24H22ClN3O2S. The van der Waals surface area contributed by atoms with Crippen molar-refractivity contribution in [1.29, 1.82) is 0 Å². The summed E-state index contributed by atoms with van der Waals surface area (Å²) in [5.74, 6) is 0. The van der Waals surface area contributed by atoms with Gasteiger partial charge in [-0.1, -0.05) is 35.9 Å². The number of para-hydroxylation sites is 1. The topological polar surface area (TPSA) is 65.2 Å². The molecule has 0 aliphatic rings. The minimum Gasteiger partial charge on any atom is -0.322 e. The van der Waals surface area contributed by atoms with Gasteiger partial charge in [-0.25, -0.2) is 4.79 Å². The van der Waals surface area contributed by atoms with Gasteiger partial charge in [0.05, 0.1) is 23.8 Å². The van der Waals surface area contributed by atoms with Crippen LogP contribution >= 0.6 is 22.9 Å². The molecule has 0 saturated heterocycles. The highest BCUT2D eigenvalue weighted by Crippen LogP contribution is 2.23. The summed E-state index contributed by atoms with van der Waals surface area (Å²) in [4.78, 5) is 31.5. The zero-order valence-corrected chi connectivity index (χ0v) is 18.8. The van der Waals surface area contributed by atoms with Gasteiger partial charge >= 0.3 is 6.03 Å². The molecular weight excluding hydrogens is 430 g/mol. The molecule has 0 unspecified atom stereocenters. The van der Waals surface area contributed by atoms with Gasteiger partial charge in [0.15, 0.2) is 0 Å². The fourth-order valence-corrected chi connectivity index (χ4v) is 4.49. The van der Waals surface area contributed by atoms with E-state index in [1.807, 2.05) is 49.6 Å². The maximum absolute atomic E-state index is 13.1. The number of fused-ring (bicyclic) bond motifs is 1. The Kier molecular flexibility index (Phi) is 6.11. The molecule has 0 fully saturated rings. The summed E-state index contributed by atoms with van der Waals surface area (Å²) in [5, 5.41) is 6.27. The summed E-state index contributed by atoms with van der Waals surface area (Å²) in [7, 11) is 0. The third kappa shape index (κ3) is 4.81. The molecule has 0 saturated carbocycles. The lowest BCUT2D eigenvalue weighted by Gasteiger charge is -2.23. The van der Waals surface area contributed by atoms with E-state index in [9.17, 15) is 9.59 Å². The maximum Gasteiger partial charge on any atom is 0.322 e. The number of H-pyrrole nitrogens is 1. The molecule has 4 rings (SSSR count). The predicted octanol–water partition coefficient (Wildman–Crippen LogP) is 6.09. The van der Waals surface area contributed by atoms with E-state index >= 15 is 0 Å². The lowest BCUT2D eigenvalue weighted by molar-refractivity contribution is 0.207. The van der Waals surface area contributed by atoms with Gasteiger partial charge in [-0.2, -0.15) is 0 Å². The van der Waals surface area contributed by atoms with Crippen LogP contribution in [0.15, 0.2) is 64.8 Å². The van der Waals surface area contributed by atoms with Gasteiger partial charge in [-0.05, 0) is 60.7 Å². The predicted molar refractivity (Wildman–Crippen MR) is 128 cm³/mol. The Morgan fingerprint density at radius 3 is 2.65 bits per heavy atom. The lowest BCUT2D eigenvalue weighted by Crippen LogP contribution is -2.35. The number of aryl methyl sites for hydroxylation is 2. The van der Waals surface area contributed by atoms with Gasteiger partial charge < -0.3 is 15.2 Å². The molecule has 0 aliphatic heterocycles. The first-order valence-corrected chi connectivity index (χ1v) is 11.1. The highest BCUT2D eigenvalue weighted by molar-refractivity contribution is 7.09. The summed E-state index contributed by atoms with van der Waals surface area (Å²) in [5.41, 5.74) is 3.84. The second kappa shape index (κ2) is 8.96. The van der Waals surface area contributed by atoms with E-state index in [0.717, 1.165) is 26.9 Å². The Hall–Kier alpha value is -3.09. The number of rotatable bonds is 5. The fourth-order valence-electron chi connectivity index (χ4n) is 3.59. The Labute approximate surface area is 189 Å². The van der Waals surface area contributed by atoms with Crippen LogP contribution in [0.1, 0.15) is 21.6 Å². The van der Waals surface area contributed by atoms with Crippen molar-refractivity contribution in [2.45, 2.75) is 26.9 Å². The number of pyridine rings is 1. The fraction of sp³-hybridized carbons (Fsp3) is 0.167. The molecule has 2 aromatic carbocycles. The quantitative estimate of drug-likeness (QED) is 0.385. The van der Waals surface area contributed by atoms with Crippen LogP contribution in [0, 0.1) is 13.8 Å². The molecule has 2 aromatic heterocycles. The number of carbonyl (C=O) groups excluding carboxylic acids is 1. The number of nitrogens with zero attached hydrogens (tertiary/aromatic N) is 1. The van der Waals surface area contributed by atoms with Crippen LogP contribution in [0.25, 0.3) is 10.9 Å². The highest BCUT2D eigenvalue weighted by Gasteiger charge is 2.18. The van der Waals surface area contributed by atoms with E-state index in [1.165, 1.54) is 0 Å². The summed E-state index contributed by atoms with van der Waals surface area (Å²) >= 11 is 7.78. The third-order valence-electron chi connectivity index (χ3n) is 5.08. The van der Waals surface area contributed by atoms with E-state index in [1.54, 1.807) is 34.4 Å². The average Bonchev–Trinajstić information content (AvgIpc) is 3.23. The number of hydrogen-bond donors (Lipinski definition) is 2. The highest BCUT2D eigenvalue weighted by atomic mass is 35.5.